The predicted molar refractivity (Wildman–Crippen MR) is 124 cm³/mol. The van der Waals surface area contributed by atoms with Gasteiger partial charge < -0.3 is 19.1 Å². The number of hydrogen-bond donors (Lipinski definition) is 0. The van der Waals surface area contributed by atoms with E-state index in [4.69, 9.17) is 4.43 Å². The van der Waals surface area contributed by atoms with E-state index in [9.17, 15) is 0 Å². The third-order valence-electron chi connectivity index (χ3n) is 6.10. The first-order valence-electron chi connectivity index (χ1n) is 11.8. The van der Waals surface area contributed by atoms with Crippen LogP contribution in [0.4, 0.5) is 0 Å². The fourth-order valence-corrected chi connectivity index (χ4v) is 6.81. The summed E-state index contributed by atoms with van der Waals surface area (Å²) in [5, 5.41) is 0. The molecule has 0 bridgehead atoms. The van der Waals surface area contributed by atoms with Crippen LogP contribution in [-0.2, 0) is 4.43 Å². The standard InChI is InChI=1S/C22H51N3OSi/c1-8-16-23(10-3)18-14-20-25(22-27(12-5,13-6)26-7)21-15-19-24(11-4)17-9-2/h8-22H2,1-7H3. The maximum absolute atomic E-state index is 6.12. The predicted octanol–water partition coefficient (Wildman–Crippen LogP) is 4.70. The Balaban J connectivity index is 4.69. The minimum Gasteiger partial charge on any atom is -0.419 e. The molecule has 0 aromatic rings. The molecule has 0 heterocycles. The zero-order chi connectivity index (χ0) is 20.5. The first kappa shape index (κ1) is 27.1. The summed E-state index contributed by atoms with van der Waals surface area (Å²) in [6, 6.07) is 2.45. The van der Waals surface area contributed by atoms with Crippen LogP contribution in [0.25, 0.3) is 0 Å². The molecule has 27 heavy (non-hydrogen) atoms. The highest BCUT2D eigenvalue weighted by molar-refractivity contribution is 6.73. The topological polar surface area (TPSA) is 19.0 Å². The largest absolute Gasteiger partial charge is 0.419 e. The Morgan fingerprint density at radius 3 is 1.30 bits per heavy atom. The molecule has 0 unspecified atom stereocenters. The molecule has 0 aliphatic heterocycles. The quantitative estimate of drug-likeness (QED) is 0.292. The van der Waals surface area contributed by atoms with Crippen LogP contribution in [0.1, 0.15) is 67.2 Å². The second kappa shape index (κ2) is 17.0. The Labute approximate surface area is 172 Å². The fraction of sp³-hybridized carbons (Fsp3) is 1.00. The van der Waals surface area contributed by atoms with Crippen LogP contribution < -0.4 is 0 Å². The molecule has 0 saturated carbocycles. The Morgan fingerprint density at radius 1 is 0.593 bits per heavy atom. The van der Waals surface area contributed by atoms with Gasteiger partial charge in [0, 0.05) is 13.3 Å². The monoisotopic (exact) mass is 401 g/mol. The molecule has 0 amide bonds. The summed E-state index contributed by atoms with van der Waals surface area (Å²) in [5.41, 5.74) is 0. The van der Waals surface area contributed by atoms with E-state index in [1.807, 2.05) is 7.11 Å². The molecule has 0 aliphatic rings. The van der Waals surface area contributed by atoms with E-state index >= 15 is 0 Å². The average Bonchev–Trinajstić information content (AvgIpc) is 2.70. The summed E-state index contributed by atoms with van der Waals surface area (Å²) < 4.78 is 6.12. The van der Waals surface area contributed by atoms with Crippen LogP contribution in [0.15, 0.2) is 0 Å². The van der Waals surface area contributed by atoms with Gasteiger partial charge >= 0.3 is 0 Å². The highest BCUT2D eigenvalue weighted by atomic mass is 28.4. The smallest absolute Gasteiger partial charge is 0.205 e. The fourth-order valence-electron chi connectivity index (χ4n) is 4.03. The molecule has 4 nitrogen and oxygen atoms in total. The van der Waals surface area contributed by atoms with E-state index in [1.54, 1.807) is 0 Å². The minimum atomic E-state index is -1.58. The first-order chi connectivity index (χ1) is 13.0. The molecule has 0 N–H and O–H groups in total. The van der Waals surface area contributed by atoms with Crippen molar-refractivity contribution in [2.45, 2.75) is 79.3 Å². The molecular formula is C22H51N3OSi. The number of hydrogen-bond acceptors (Lipinski definition) is 4. The number of rotatable bonds is 19. The van der Waals surface area contributed by atoms with Crippen molar-refractivity contribution >= 4 is 8.32 Å². The third kappa shape index (κ3) is 11.6. The minimum absolute atomic E-state index is 1.18. The molecule has 0 spiro atoms. The molecule has 0 atom stereocenters. The van der Waals surface area contributed by atoms with Gasteiger partial charge in [-0.05, 0) is 90.1 Å². The lowest BCUT2D eigenvalue weighted by Crippen LogP contribution is -2.49. The highest BCUT2D eigenvalue weighted by Gasteiger charge is 2.32. The van der Waals surface area contributed by atoms with Crippen molar-refractivity contribution < 1.29 is 4.43 Å². The van der Waals surface area contributed by atoms with Crippen LogP contribution in [-0.4, -0.2) is 88.7 Å². The first-order valence-corrected chi connectivity index (χ1v) is 14.3. The lowest BCUT2D eigenvalue weighted by molar-refractivity contribution is 0.220. The summed E-state index contributed by atoms with van der Waals surface area (Å²) in [6.07, 6.45) is 6.28. The Kier molecular flexibility index (Phi) is 17.0. The second-order valence-electron chi connectivity index (χ2n) is 7.95. The highest BCUT2D eigenvalue weighted by Crippen LogP contribution is 2.18. The van der Waals surface area contributed by atoms with E-state index in [1.165, 1.54) is 96.3 Å². The summed E-state index contributed by atoms with van der Waals surface area (Å²) in [4.78, 5) is 7.93. The zero-order valence-corrected chi connectivity index (χ0v) is 20.9. The van der Waals surface area contributed by atoms with Crippen molar-refractivity contribution in [2.24, 2.45) is 0 Å². The Hall–Kier alpha value is 0.0569. The van der Waals surface area contributed by atoms with Gasteiger partial charge in [0.25, 0.3) is 0 Å². The number of nitrogens with zero attached hydrogens (tertiary/aromatic N) is 3. The molecule has 5 heteroatoms. The summed E-state index contributed by atoms with van der Waals surface area (Å²) in [6.45, 7) is 23.5. The zero-order valence-electron chi connectivity index (χ0n) is 19.9. The second-order valence-corrected chi connectivity index (χ2v) is 12.5. The molecule has 0 aliphatic carbocycles. The lowest BCUT2D eigenvalue weighted by Gasteiger charge is -2.35. The van der Waals surface area contributed by atoms with E-state index in [-0.39, 0.29) is 0 Å². The lowest BCUT2D eigenvalue weighted by atomic mass is 10.3. The molecule has 0 aromatic heterocycles. The SMILES string of the molecule is CCCN(CC)CCCN(CCCN(CC)CCC)C[Si](CC)(CC)OC. The van der Waals surface area contributed by atoms with Crippen molar-refractivity contribution in [3.05, 3.63) is 0 Å². The maximum Gasteiger partial charge on any atom is 0.205 e. The summed E-state index contributed by atoms with van der Waals surface area (Å²) in [7, 11) is 0.373. The molecule has 0 aromatic carbocycles. The van der Waals surface area contributed by atoms with Gasteiger partial charge in [-0.3, -0.25) is 0 Å². The van der Waals surface area contributed by atoms with Crippen molar-refractivity contribution in [3.63, 3.8) is 0 Å². The van der Waals surface area contributed by atoms with Crippen LogP contribution in [0.3, 0.4) is 0 Å². The van der Waals surface area contributed by atoms with Gasteiger partial charge in [0.1, 0.15) is 0 Å². The van der Waals surface area contributed by atoms with Crippen LogP contribution in [0.2, 0.25) is 12.1 Å². The van der Waals surface area contributed by atoms with E-state index in [2.05, 4.69) is 56.2 Å². The van der Waals surface area contributed by atoms with Crippen molar-refractivity contribution in [1.82, 2.24) is 14.7 Å². The van der Waals surface area contributed by atoms with Gasteiger partial charge in [0.05, 0.1) is 0 Å². The molecule has 0 rings (SSSR count). The average molecular weight is 402 g/mol. The van der Waals surface area contributed by atoms with Crippen LogP contribution in [0, 0.1) is 0 Å². The van der Waals surface area contributed by atoms with E-state index < -0.39 is 8.32 Å². The molecule has 164 valence electrons. The van der Waals surface area contributed by atoms with Gasteiger partial charge in [0.15, 0.2) is 0 Å². The van der Waals surface area contributed by atoms with Crippen LogP contribution >= 0.6 is 0 Å². The third-order valence-corrected chi connectivity index (χ3v) is 10.6. The molecule has 0 fully saturated rings. The maximum atomic E-state index is 6.12. The van der Waals surface area contributed by atoms with E-state index in [0.717, 1.165) is 0 Å². The van der Waals surface area contributed by atoms with Gasteiger partial charge in [-0.1, -0.05) is 41.5 Å². The van der Waals surface area contributed by atoms with Crippen LogP contribution in [0.5, 0.6) is 0 Å². The van der Waals surface area contributed by atoms with Gasteiger partial charge in [-0.25, -0.2) is 0 Å². The summed E-state index contributed by atoms with van der Waals surface area (Å²) in [5.74, 6) is 0. The van der Waals surface area contributed by atoms with Crippen molar-refractivity contribution in [3.8, 4) is 0 Å². The van der Waals surface area contributed by atoms with Gasteiger partial charge in [-0.2, -0.15) is 0 Å². The molecule has 0 radical (unpaired) electrons. The Morgan fingerprint density at radius 2 is 1.00 bits per heavy atom. The van der Waals surface area contributed by atoms with E-state index in [0.29, 0.717) is 0 Å². The normalized spacial score (nSPS) is 12.7. The molecule has 0 saturated heterocycles. The summed E-state index contributed by atoms with van der Waals surface area (Å²) >= 11 is 0. The van der Waals surface area contributed by atoms with Gasteiger partial charge in [0.2, 0.25) is 8.32 Å². The van der Waals surface area contributed by atoms with Crippen molar-refractivity contribution in [2.75, 3.05) is 65.6 Å². The van der Waals surface area contributed by atoms with Gasteiger partial charge in [-0.15, -0.1) is 0 Å². The Bertz CT molecular complexity index is 298. The molecular weight excluding hydrogens is 350 g/mol. The van der Waals surface area contributed by atoms with Crippen molar-refractivity contribution in [1.29, 1.82) is 0 Å².